The summed E-state index contributed by atoms with van der Waals surface area (Å²) in [6.07, 6.45) is 0.864. The van der Waals surface area contributed by atoms with Crippen LogP contribution < -0.4 is 0 Å². The number of sulfonamides is 1. The van der Waals surface area contributed by atoms with Crippen LogP contribution in [0.2, 0.25) is 0 Å². The third-order valence-electron chi connectivity index (χ3n) is 3.49. The Labute approximate surface area is 110 Å². The number of hydrogen-bond acceptors (Lipinski definition) is 5. The Morgan fingerprint density at radius 3 is 2.47 bits per heavy atom. The average Bonchev–Trinajstić information content (AvgIpc) is 2.39. The molecule has 3 aliphatic heterocycles. The molecule has 1 N–H and O–H groups in total. The van der Waals surface area contributed by atoms with Gasteiger partial charge in [0.25, 0.3) is 0 Å². The van der Waals surface area contributed by atoms with E-state index in [-0.39, 0.29) is 23.3 Å². The Kier molecular flexibility index (Phi) is 2.75. The summed E-state index contributed by atoms with van der Waals surface area (Å²) in [5.41, 5.74) is 0. The smallest absolute Gasteiger partial charge is 0.324 e. The maximum atomic E-state index is 12.5. The SMILES string of the molecule is O=C1OC2CCC1N(S(=O)(=O)c1ccc(O)cc1)C2. The maximum Gasteiger partial charge on any atom is 0.324 e. The maximum absolute atomic E-state index is 12.5. The first kappa shape index (κ1) is 12.4. The third-order valence-corrected chi connectivity index (χ3v) is 5.38. The molecule has 0 aromatic heterocycles. The van der Waals surface area contributed by atoms with Crippen molar-refractivity contribution in [2.45, 2.75) is 29.9 Å². The van der Waals surface area contributed by atoms with E-state index in [0.29, 0.717) is 12.8 Å². The fourth-order valence-electron chi connectivity index (χ4n) is 2.50. The number of piperidine rings is 1. The lowest BCUT2D eigenvalue weighted by molar-refractivity contribution is -0.169. The third kappa shape index (κ3) is 1.98. The lowest BCUT2D eigenvalue weighted by Gasteiger charge is -2.42. The van der Waals surface area contributed by atoms with Crippen molar-refractivity contribution >= 4 is 16.0 Å². The minimum atomic E-state index is -3.72. The first-order chi connectivity index (χ1) is 8.98. The van der Waals surface area contributed by atoms with Gasteiger partial charge in [-0.15, -0.1) is 0 Å². The Balaban J connectivity index is 1.97. The number of phenolic OH excluding ortho intramolecular Hbond substituents is 1. The molecule has 2 bridgehead atoms. The second-order valence-corrected chi connectivity index (χ2v) is 6.61. The van der Waals surface area contributed by atoms with Gasteiger partial charge in [-0.05, 0) is 37.1 Å². The van der Waals surface area contributed by atoms with Gasteiger partial charge < -0.3 is 9.84 Å². The van der Waals surface area contributed by atoms with Crippen LogP contribution in [0.1, 0.15) is 12.8 Å². The van der Waals surface area contributed by atoms with E-state index < -0.39 is 22.0 Å². The van der Waals surface area contributed by atoms with Crippen LogP contribution in [0.5, 0.6) is 5.75 Å². The number of carbonyl (C=O) groups is 1. The monoisotopic (exact) mass is 283 g/mol. The van der Waals surface area contributed by atoms with Crippen molar-refractivity contribution in [3.8, 4) is 5.75 Å². The van der Waals surface area contributed by atoms with E-state index in [0.717, 1.165) is 0 Å². The number of phenols is 1. The zero-order valence-electron chi connectivity index (χ0n) is 10.0. The van der Waals surface area contributed by atoms with Crippen molar-refractivity contribution in [2.75, 3.05) is 6.54 Å². The van der Waals surface area contributed by atoms with Crippen molar-refractivity contribution < 1.29 is 23.1 Å². The zero-order chi connectivity index (χ0) is 13.6. The summed E-state index contributed by atoms with van der Waals surface area (Å²) in [7, 11) is -3.72. The molecule has 3 aliphatic rings. The summed E-state index contributed by atoms with van der Waals surface area (Å²) in [5.74, 6) is -0.469. The fraction of sp³-hybridized carbons (Fsp3) is 0.417. The number of morpholine rings is 1. The first-order valence-corrected chi connectivity index (χ1v) is 7.44. The zero-order valence-corrected chi connectivity index (χ0v) is 10.8. The normalized spacial score (nSPS) is 27.3. The van der Waals surface area contributed by atoms with Gasteiger partial charge in [0.2, 0.25) is 10.0 Å². The van der Waals surface area contributed by atoms with Crippen molar-refractivity contribution in [3.05, 3.63) is 24.3 Å². The highest BCUT2D eigenvalue weighted by molar-refractivity contribution is 7.89. The van der Waals surface area contributed by atoms with Gasteiger partial charge in [-0.2, -0.15) is 4.31 Å². The largest absolute Gasteiger partial charge is 0.508 e. The molecule has 102 valence electrons. The van der Waals surface area contributed by atoms with E-state index in [2.05, 4.69) is 0 Å². The van der Waals surface area contributed by atoms with Crippen LogP contribution in [0.3, 0.4) is 0 Å². The molecule has 3 fully saturated rings. The number of fused-ring (bicyclic) bond motifs is 3. The summed E-state index contributed by atoms with van der Waals surface area (Å²) in [5, 5.41) is 9.20. The summed E-state index contributed by atoms with van der Waals surface area (Å²) in [6, 6.07) is 4.57. The Hall–Kier alpha value is -1.60. The molecule has 4 rings (SSSR count). The lowest BCUT2D eigenvalue weighted by atomic mass is 9.99. The molecule has 2 unspecified atom stereocenters. The highest BCUT2D eigenvalue weighted by atomic mass is 32.2. The van der Waals surface area contributed by atoms with Crippen molar-refractivity contribution in [1.29, 1.82) is 0 Å². The van der Waals surface area contributed by atoms with Gasteiger partial charge in [0, 0.05) is 0 Å². The Morgan fingerprint density at radius 1 is 1.21 bits per heavy atom. The summed E-state index contributed by atoms with van der Waals surface area (Å²) in [6.45, 7) is 0.208. The van der Waals surface area contributed by atoms with Gasteiger partial charge in [0.1, 0.15) is 17.9 Å². The molecule has 3 heterocycles. The number of ether oxygens (including phenoxy) is 1. The molecule has 3 saturated heterocycles. The molecule has 7 heteroatoms. The summed E-state index contributed by atoms with van der Waals surface area (Å²) >= 11 is 0. The molecule has 0 saturated carbocycles. The predicted octanol–water partition coefficient (Wildman–Crippen LogP) is 0.471. The molecular weight excluding hydrogens is 270 g/mol. The number of aromatic hydroxyl groups is 1. The second kappa shape index (κ2) is 4.21. The topological polar surface area (TPSA) is 83.9 Å². The number of esters is 1. The van der Waals surface area contributed by atoms with Gasteiger partial charge in [-0.1, -0.05) is 0 Å². The Bertz CT molecular complexity index is 610. The van der Waals surface area contributed by atoms with E-state index in [9.17, 15) is 18.3 Å². The molecule has 0 spiro atoms. The van der Waals surface area contributed by atoms with Crippen molar-refractivity contribution in [3.63, 3.8) is 0 Å². The molecular formula is C12H13NO5S. The van der Waals surface area contributed by atoms with E-state index in [1.54, 1.807) is 0 Å². The van der Waals surface area contributed by atoms with Crippen molar-refractivity contribution in [1.82, 2.24) is 4.31 Å². The Morgan fingerprint density at radius 2 is 1.89 bits per heavy atom. The van der Waals surface area contributed by atoms with Gasteiger partial charge >= 0.3 is 5.97 Å². The van der Waals surface area contributed by atoms with Gasteiger partial charge in [-0.3, -0.25) is 4.79 Å². The highest BCUT2D eigenvalue weighted by Crippen LogP contribution is 2.32. The molecule has 2 atom stereocenters. The molecule has 1 aromatic carbocycles. The lowest BCUT2D eigenvalue weighted by Crippen LogP contribution is -2.58. The first-order valence-electron chi connectivity index (χ1n) is 6.00. The van der Waals surface area contributed by atoms with E-state index >= 15 is 0 Å². The molecule has 0 aliphatic carbocycles. The van der Waals surface area contributed by atoms with E-state index in [1.165, 1.54) is 28.6 Å². The van der Waals surface area contributed by atoms with Crippen LogP contribution in [0, 0.1) is 0 Å². The number of nitrogens with zero attached hydrogens (tertiary/aromatic N) is 1. The summed E-state index contributed by atoms with van der Waals surface area (Å²) in [4.78, 5) is 11.7. The van der Waals surface area contributed by atoms with Crippen molar-refractivity contribution in [2.24, 2.45) is 0 Å². The molecule has 0 radical (unpaired) electrons. The number of hydrogen-bond donors (Lipinski definition) is 1. The summed E-state index contributed by atoms with van der Waals surface area (Å²) < 4.78 is 31.2. The minimum Gasteiger partial charge on any atom is -0.508 e. The van der Waals surface area contributed by atoms with E-state index in [4.69, 9.17) is 4.74 Å². The predicted molar refractivity (Wildman–Crippen MR) is 64.9 cm³/mol. The van der Waals surface area contributed by atoms with E-state index in [1.807, 2.05) is 0 Å². The van der Waals surface area contributed by atoms with Crippen LogP contribution in [-0.4, -0.2) is 42.5 Å². The van der Waals surface area contributed by atoms with Crippen LogP contribution >= 0.6 is 0 Å². The number of carbonyl (C=O) groups excluding carboxylic acids is 1. The average molecular weight is 283 g/mol. The molecule has 6 nitrogen and oxygen atoms in total. The van der Waals surface area contributed by atoms with Crippen LogP contribution in [0.4, 0.5) is 0 Å². The molecule has 0 amide bonds. The van der Waals surface area contributed by atoms with Crippen LogP contribution in [0.15, 0.2) is 29.2 Å². The minimum absolute atomic E-state index is 0.00137. The quantitative estimate of drug-likeness (QED) is 0.798. The fourth-order valence-corrected chi connectivity index (χ4v) is 4.14. The number of rotatable bonds is 2. The van der Waals surface area contributed by atoms with Crippen LogP contribution in [0.25, 0.3) is 0 Å². The molecule has 1 aromatic rings. The standard InChI is InChI=1S/C12H13NO5S/c14-8-1-4-10(5-2-8)19(16,17)13-7-9-3-6-11(13)12(15)18-9/h1-2,4-5,9,11,14H,3,6-7H2. The van der Waals surface area contributed by atoms with Gasteiger partial charge in [0.05, 0.1) is 11.4 Å². The molecule has 19 heavy (non-hydrogen) atoms. The number of benzene rings is 1. The van der Waals surface area contributed by atoms with Crippen LogP contribution in [-0.2, 0) is 19.6 Å². The van der Waals surface area contributed by atoms with Gasteiger partial charge in [0.15, 0.2) is 0 Å². The second-order valence-electron chi connectivity index (χ2n) is 4.72. The van der Waals surface area contributed by atoms with Gasteiger partial charge in [-0.25, -0.2) is 8.42 Å². The highest BCUT2D eigenvalue weighted by Gasteiger charge is 2.47.